The number of rotatable bonds is 3. The highest BCUT2D eigenvalue weighted by Gasteiger charge is 2.27. The number of carbonyl (C=O) groups is 1. The average Bonchev–Trinajstić information content (AvgIpc) is 2.84. The molecule has 16 heavy (non-hydrogen) atoms. The Bertz CT molecular complexity index is 377. The molecule has 0 bridgehead atoms. The smallest absolute Gasteiger partial charge is 0.223 e. The van der Waals surface area contributed by atoms with Crippen LogP contribution in [0.15, 0.2) is 5.38 Å². The minimum Gasteiger partial charge on any atom is -0.349 e. The van der Waals surface area contributed by atoms with Crippen molar-refractivity contribution in [2.24, 2.45) is 11.7 Å². The lowest BCUT2D eigenvalue weighted by Crippen LogP contribution is -2.29. The highest BCUT2D eigenvalue weighted by Crippen LogP contribution is 2.24. The van der Waals surface area contributed by atoms with Crippen LogP contribution in [0.5, 0.6) is 0 Å². The Kier molecular flexibility index (Phi) is 3.56. The first kappa shape index (κ1) is 11.5. The lowest BCUT2D eigenvalue weighted by molar-refractivity contribution is -0.125. The van der Waals surface area contributed by atoms with Crippen LogP contribution in [0.2, 0.25) is 0 Å². The molecule has 1 saturated carbocycles. The van der Waals surface area contributed by atoms with Gasteiger partial charge in [0.15, 0.2) is 0 Å². The van der Waals surface area contributed by atoms with Crippen LogP contribution in [-0.4, -0.2) is 16.9 Å². The molecule has 0 saturated heterocycles. The van der Waals surface area contributed by atoms with Crippen molar-refractivity contribution in [3.63, 3.8) is 0 Å². The molecule has 2 rings (SSSR count). The van der Waals surface area contributed by atoms with Crippen molar-refractivity contribution in [2.75, 3.05) is 0 Å². The van der Waals surface area contributed by atoms with Crippen molar-refractivity contribution < 1.29 is 4.79 Å². The number of aromatic nitrogens is 1. The minimum absolute atomic E-state index is 0.107. The second kappa shape index (κ2) is 4.93. The van der Waals surface area contributed by atoms with E-state index in [9.17, 15) is 4.79 Å². The molecule has 0 spiro atoms. The fourth-order valence-electron chi connectivity index (χ4n) is 2.05. The number of nitrogens with zero attached hydrogens (tertiary/aromatic N) is 1. The quantitative estimate of drug-likeness (QED) is 0.832. The molecular weight excluding hydrogens is 222 g/mol. The van der Waals surface area contributed by atoms with E-state index in [-0.39, 0.29) is 17.9 Å². The molecule has 1 aliphatic rings. The number of nitrogens with two attached hydrogens (primary N) is 1. The topological polar surface area (TPSA) is 68.0 Å². The van der Waals surface area contributed by atoms with Crippen molar-refractivity contribution in [2.45, 2.75) is 38.8 Å². The zero-order valence-corrected chi connectivity index (χ0v) is 10.2. The summed E-state index contributed by atoms with van der Waals surface area (Å²) in [6, 6.07) is 0.206. The Hall–Kier alpha value is -0.940. The number of thiazole rings is 1. The van der Waals surface area contributed by atoms with Crippen molar-refractivity contribution in [1.29, 1.82) is 0 Å². The summed E-state index contributed by atoms with van der Waals surface area (Å²) in [5.74, 6) is 0.233. The van der Waals surface area contributed by atoms with Gasteiger partial charge in [-0.1, -0.05) is 0 Å². The second-order valence-electron chi connectivity index (χ2n) is 4.37. The van der Waals surface area contributed by atoms with Crippen molar-refractivity contribution in [1.82, 2.24) is 10.3 Å². The van der Waals surface area contributed by atoms with Gasteiger partial charge in [-0.25, -0.2) is 4.98 Å². The highest BCUT2D eigenvalue weighted by atomic mass is 32.1. The summed E-state index contributed by atoms with van der Waals surface area (Å²) in [7, 11) is 0. The number of aryl methyl sites for hydroxylation is 1. The molecule has 1 fully saturated rings. The van der Waals surface area contributed by atoms with Gasteiger partial charge in [0.05, 0.1) is 6.54 Å². The van der Waals surface area contributed by atoms with Gasteiger partial charge in [-0.3, -0.25) is 4.79 Å². The molecule has 3 N–H and O–H groups in total. The van der Waals surface area contributed by atoms with Gasteiger partial charge in [-0.15, -0.1) is 11.3 Å². The van der Waals surface area contributed by atoms with Crippen LogP contribution < -0.4 is 11.1 Å². The predicted octanol–water partition coefficient (Wildman–Crippen LogP) is 1.20. The average molecular weight is 239 g/mol. The van der Waals surface area contributed by atoms with E-state index in [4.69, 9.17) is 5.73 Å². The molecule has 1 heterocycles. The zero-order valence-electron chi connectivity index (χ0n) is 9.40. The van der Waals surface area contributed by atoms with Gasteiger partial charge in [0, 0.05) is 23.0 Å². The van der Waals surface area contributed by atoms with E-state index < -0.39 is 0 Å². The normalized spacial score (nSPS) is 24.6. The van der Waals surface area contributed by atoms with Crippen LogP contribution in [0.1, 0.15) is 30.0 Å². The SMILES string of the molecule is Cc1csc(CNC(=O)C2CCC(N)C2)n1. The third-order valence-electron chi connectivity index (χ3n) is 2.92. The van der Waals surface area contributed by atoms with Crippen LogP contribution in [0.25, 0.3) is 0 Å². The van der Waals surface area contributed by atoms with Gasteiger partial charge < -0.3 is 11.1 Å². The maximum absolute atomic E-state index is 11.8. The Morgan fingerprint density at radius 2 is 2.50 bits per heavy atom. The van der Waals surface area contributed by atoms with E-state index in [0.717, 1.165) is 30.0 Å². The van der Waals surface area contributed by atoms with Gasteiger partial charge in [-0.05, 0) is 26.2 Å². The zero-order chi connectivity index (χ0) is 11.5. The van der Waals surface area contributed by atoms with Gasteiger partial charge in [0.1, 0.15) is 5.01 Å². The first-order chi connectivity index (χ1) is 7.65. The van der Waals surface area contributed by atoms with E-state index >= 15 is 0 Å². The standard InChI is InChI=1S/C11H17N3OS/c1-7-6-16-10(14-7)5-13-11(15)8-2-3-9(12)4-8/h6,8-9H,2-5,12H2,1H3,(H,13,15). The van der Waals surface area contributed by atoms with E-state index in [1.54, 1.807) is 11.3 Å². The number of amides is 1. The molecule has 0 aromatic carbocycles. The van der Waals surface area contributed by atoms with Crippen LogP contribution in [0.4, 0.5) is 0 Å². The summed E-state index contributed by atoms with van der Waals surface area (Å²) >= 11 is 1.58. The van der Waals surface area contributed by atoms with Crippen molar-refractivity contribution >= 4 is 17.2 Å². The Labute approximate surface area is 99.3 Å². The first-order valence-electron chi connectivity index (χ1n) is 5.59. The first-order valence-corrected chi connectivity index (χ1v) is 6.47. The maximum Gasteiger partial charge on any atom is 0.223 e. The number of nitrogens with one attached hydrogen (secondary N) is 1. The Morgan fingerprint density at radius 3 is 3.06 bits per heavy atom. The summed E-state index contributed by atoms with van der Waals surface area (Å²) in [5, 5.41) is 5.89. The van der Waals surface area contributed by atoms with E-state index in [2.05, 4.69) is 10.3 Å². The lowest BCUT2D eigenvalue weighted by Gasteiger charge is -2.09. The number of hydrogen-bond acceptors (Lipinski definition) is 4. The summed E-state index contributed by atoms with van der Waals surface area (Å²) in [4.78, 5) is 16.1. The fraction of sp³-hybridized carbons (Fsp3) is 0.636. The van der Waals surface area contributed by atoms with Gasteiger partial charge in [0.25, 0.3) is 0 Å². The lowest BCUT2D eigenvalue weighted by atomic mass is 10.1. The Morgan fingerprint density at radius 1 is 1.69 bits per heavy atom. The fourth-order valence-corrected chi connectivity index (χ4v) is 2.76. The van der Waals surface area contributed by atoms with Crippen LogP contribution >= 0.6 is 11.3 Å². The largest absolute Gasteiger partial charge is 0.349 e. The van der Waals surface area contributed by atoms with E-state index in [0.29, 0.717) is 6.54 Å². The maximum atomic E-state index is 11.8. The van der Waals surface area contributed by atoms with Crippen molar-refractivity contribution in [3.8, 4) is 0 Å². The molecule has 0 radical (unpaired) electrons. The molecule has 2 atom stereocenters. The van der Waals surface area contributed by atoms with E-state index in [1.165, 1.54) is 0 Å². The monoisotopic (exact) mass is 239 g/mol. The van der Waals surface area contributed by atoms with Crippen LogP contribution in [0, 0.1) is 12.8 Å². The summed E-state index contributed by atoms with van der Waals surface area (Å²) < 4.78 is 0. The third-order valence-corrected chi connectivity index (χ3v) is 3.89. The molecule has 1 amide bonds. The second-order valence-corrected chi connectivity index (χ2v) is 5.31. The molecule has 2 unspecified atom stereocenters. The molecule has 88 valence electrons. The van der Waals surface area contributed by atoms with Crippen molar-refractivity contribution in [3.05, 3.63) is 16.1 Å². The molecular formula is C11H17N3OS. The van der Waals surface area contributed by atoms with Gasteiger partial charge in [-0.2, -0.15) is 0 Å². The number of hydrogen-bond donors (Lipinski definition) is 2. The molecule has 0 aliphatic heterocycles. The summed E-state index contributed by atoms with van der Waals surface area (Å²) in [5.41, 5.74) is 6.79. The molecule has 4 nitrogen and oxygen atoms in total. The molecule has 1 aromatic rings. The molecule has 1 aliphatic carbocycles. The van der Waals surface area contributed by atoms with E-state index in [1.807, 2.05) is 12.3 Å². The Balaban J connectivity index is 1.80. The third kappa shape index (κ3) is 2.80. The van der Waals surface area contributed by atoms with Crippen LogP contribution in [-0.2, 0) is 11.3 Å². The minimum atomic E-state index is 0.107. The predicted molar refractivity (Wildman–Crippen MR) is 64.0 cm³/mol. The number of carbonyl (C=O) groups excluding carboxylic acids is 1. The molecule has 5 heteroatoms. The van der Waals surface area contributed by atoms with Gasteiger partial charge in [0.2, 0.25) is 5.91 Å². The summed E-state index contributed by atoms with van der Waals surface area (Å²) in [6.45, 7) is 2.50. The highest BCUT2D eigenvalue weighted by molar-refractivity contribution is 7.09. The van der Waals surface area contributed by atoms with Gasteiger partial charge >= 0.3 is 0 Å². The molecule has 1 aromatic heterocycles. The van der Waals surface area contributed by atoms with Crippen LogP contribution in [0.3, 0.4) is 0 Å². The summed E-state index contributed by atoms with van der Waals surface area (Å²) in [6.07, 6.45) is 2.71.